The van der Waals surface area contributed by atoms with Crippen molar-refractivity contribution in [1.82, 2.24) is 0 Å². The number of carboxylic acids is 1. The van der Waals surface area contributed by atoms with E-state index in [4.69, 9.17) is 5.11 Å². The third kappa shape index (κ3) is 2.47. The molecule has 2 N–H and O–H groups in total. The van der Waals surface area contributed by atoms with Gasteiger partial charge in [0.05, 0.1) is 0 Å². The standard InChI is InChI=1S/C8H9AsO4/c1-9(12,13)7-4-2-6(3-5-7)8(10)11/h2-5H,1H3,(H,10,11)(H,12,13). The van der Waals surface area contributed by atoms with Crippen LogP contribution in [0.15, 0.2) is 24.3 Å². The van der Waals surface area contributed by atoms with Gasteiger partial charge in [-0.05, 0) is 0 Å². The van der Waals surface area contributed by atoms with Crippen LogP contribution in [0.5, 0.6) is 0 Å². The van der Waals surface area contributed by atoms with E-state index in [9.17, 15) is 12.6 Å². The molecule has 0 radical (unpaired) electrons. The van der Waals surface area contributed by atoms with Crippen molar-refractivity contribution in [3.05, 3.63) is 29.8 Å². The van der Waals surface area contributed by atoms with Gasteiger partial charge >= 0.3 is 77.4 Å². The third-order valence-corrected chi connectivity index (χ3v) is 4.23. The summed E-state index contributed by atoms with van der Waals surface area (Å²) in [5.41, 5.74) is 1.39. The Kier molecular flexibility index (Phi) is 2.64. The van der Waals surface area contributed by atoms with Gasteiger partial charge in [-0.25, -0.2) is 0 Å². The van der Waals surface area contributed by atoms with Gasteiger partial charge in [0.1, 0.15) is 0 Å². The van der Waals surface area contributed by atoms with Crippen molar-refractivity contribution >= 4 is 24.2 Å². The first-order valence-electron chi connectivity index (χ1n) is 3.55. The van der Waals surface area contributed by atoms with E-state index in [1.165, 1.54) is 30.0 Å². The molecule has 0 fully saturated rings. The molecular formula is C8H9AsO4. The Balaban J connectivity index is 3.08. The first-order valence-corrected chi connectivity index (χ1v) is 7.97. The van der Waals surface area contributed by atoms with E-state index in [1.54, 1.807) is 0 Å². The van der Waals surface area contributed by atoms with Gasteiger partial charge in [-0.2, -0.15) is 0 Å². The fourth-order valence-electron chi connectivity index (χ4n) is 0.881. The molecule has 4 nitrogen and oxygen atoms in total. The zero-order valence-corrected chi connectivity index (χ0v) is 8.84. The first-order chi connectivity index (χ1) is 5.91. The maximum absolute atomic E-state index is 11.2. The fraction of sp³-hybridized carbons (Fsp3) is 0.125. The Labute approximate surface area is 77.9 Å². The third-order valence-electron chi connectivity index (χ3n) is 1.59. The van der Waals surface area contributed by atoms with E-state index in [0.29, 0.717) is 4.35 Å². The molecule has 0 amide bonds. The summed E-state index contributed by atoms with van der Waals surface area (Å²) in [6, 6.07) is 5.41. The molecule has 1 rings (SSSR count). The minimum atomic E-state index is -3.86. The summed E-state index contributed by atoms with van der Waals surface area (Å²) in [5, 5.41) is 8.55. The molecule has 13 heavy (non-hydrogen) atoms. The van der Waals surface area contributed by atoms with Crippen LogP contribution in [0.25, 0.3) is 0 Å². The van der Waals surface area contributed by atoms with Gasteiger partial charge in [-0.3, -0.25) is 0 Å². The van der Waals surface area contributed by atoms with Crippen molar-refractivity contribution in [2.45, 2.75) is 5.71 Å². The number of hydrogen-bond donors (Lipinski definition) is 2. The molecule has 1 aromatic carbocycles. The summed E-state index contributed by atoms with van der Waals surface area (Å²) in [6.07, 6.45) is 0. The van der Waals surface area contributed by atoms with Crippen LogP contribution >= 0.6 is 0 Å². The SMILES string of the molecule is C[As](=O)(O)c1ccc(C(=O)O)cc1. The van der Waals surface area contributed by atoms with Crippen LogP contribution in [-0.4, -0.2) is 29.0 Å². The number of hydrogen-bond acceptors (Lipinski definition) is 2. The van der Waals surface area contributed by atoms with Crippen LogP contribution in [-0.2, 0) is 3.74 Å². The van der Waals surface area contributed by atoms with Crippen LogP contribution in [0.3, 0.4) is 0 Å². The molecule has 70 valence electrons. The molecule has 1 aromatic rings. The summed E-state index contributed by atoms with van der Waals surface area (Å²) in [5.74, 6) is -1.04. The second kappa shape index (κ2) is 3.40. The summed E-state index contributed by atoms with van der Waals surface area (Å²) in [6.45, 7) is 0. The number of carbonyl (C=O) groups is 1. The zero-order chi connectivity index (χ0) is 10.1. The summed E-state index contributed by atoms with van der Waals surface area (Å²) < 4.78 is 20.7. The van der Waals surface area contributed by atoms with E-state index in [1.807, 2.05) is 0 Å². The molecular weight excluding hydrogens is 235 g/mol. The normalized spacial score (nSPS) is 14.9. The summed E-state index contributed by atoms with van der Waals surface area (Å²) in [4.78, 5) is 10.4. The van der Waals surface area contributed by atoms with Crippen molar-refractivity contribution in [3.63, 3.8) is 0 Å². The molecule has 0 heterocycles. The van der Waals surface area contributed by atoms with Crippen LogP contribution in [0.2, 0.25) is 5.71 Å². The van der Waals surface area contributed by atoms with Gasteiger partial charge in [-0.15, -0.1) is 0 Å². The van der Waals surface area contributed by atoms with Gasteiger partial charge in [0, 0.05) is 0 Å². The van der Waals surface area contributed by atoms with E-state index in [-0.39, 0.29) is 5.56 Å². The number of aromatic carboxylic acids is 1. The Morgan fingerprint density at radius 1 is 1.31 bits per heavy atom. The van der Waals surface area contributed by atoms with E-state index >= 15 is 0 Å². The number of carboxylic acid groups (broad SMARTS) is 1. The zero-order valence-electron chi connectivity index (χ0n) is 6.97. The summed E-state index contributed by atoms with van der Waals surface area (Å²) in [7, 11) is 0. The molecule has 1 atom stereocenters. The molecule has 0 aliphatic carbocycles. The average Bonchev–Trinajstić information content (AvgIpc) is 2.03. The minimum absolute atomic E-state index is 0.118. The van der Waals surface area contributed by atoms with Gasteiger partial charge in [0.2, 0.25) is 0 Å². The van der Waals surface area contributed by atoms with Crippen LogP contribution in [0.4, 0.5) is 0 Å². The van der Waals surface area contributed by atoms with E-state index < -0.39 is 19.8 Å². The Morgan fingerprint density at radius 3 is 2.08 bits per heavy atom. The monoisotopic (exact) mass is 244 g/mol. The number of benzene rings is 1. The van der Waals surface area contributed by atoms with Crippen molar-refractivity contribution < 1.29 is 17.7 Å². The van der Waals surface area contributed by atoms with Crippen molar-refractivity contribution in [1.29, 1.82) is 0 Å². The van der Waals surface area contributed by atoms with Gasteiger partial charge in [0.25, 0.3) is 0 Å². The predicted molar refractivity (Wildman–Crippen MR) is 47.6 cm³/mol. The topological polar surface area (TPSA) is 74.6 Å². The molecule has 0 aliphatic rings. The molecule has 5 heteroatoms. The number of rotatable bonds is 2. The Hall–Kier alpha value is -0.992. The summed E-state index contributed by atoms with van der Waals surface area (Å²) >= 11 is -3.86. The van der Waals surface area contributed by atoms with Crippen molar-refractivity contribution in [2.24, 2.45) is 0 Å². The van der Waals surface area contributed by atoms with E-state index in [2.05, 4.69) is 0 Å². The van der Waals surface area contributed by atoms with Crippen LogP contribution in [0.1, 0.15) is 10.4 Å². The fourth-order valence-corrected chi connectivity index (χ4v) is 2.35. The van der Waals surface area contributed by atoms with Gasteiger partial charge in [0.15, 0.2) is 0 Å². The molecule has 0 bridgehead atoms. The molecule has 0 spiro atoms. The molecule has 0 aliphatic heterocycles. The maximum atomic E-state index is 11.2. The molecule has 1 unspecified atom stereocenters. The molecule has 0 saturated carbocycles. The van der Waals surface area contributed by atoms with Crippen molar-refractivity contribution in [3.8, 4) is 0 Å². The van der Waals surface area contributed by atoms with Crippen LogP contribution in [0, 0.1) is 0 Å². The Bertz CT molecular complexity index is 362. The second-order valence-electron chi connectivity index (χ2n) is 2.73. The van der Waals surface area contributed by atoms with Gasteiger partial charge < -0.3 is 0 Å². The van der Waals surface area contributed by atoms with E-state index in [0.717, 1.165) is 0 Å². The van der Waals surface area contributed by atoms with Gasteiger partial charge in [-0.1, -0.05) is 0 Å². The average molecular weight is 244 g/mol. The Morgan fingerprint density at radius 2 is 1.77 bits per heavy atom. The van der Waals surface area contributed by atoms with Crippen molar-refractivity contribution in [2.75, 3.05) is 0 Å². The molecule has 0 saturated heterocycles. The predicted octanol–water partition coefficient (Wildman–Crippen LogP) is 0.0866. The second-order valence-corrected chi connectivity index (χ2v) is 7.50. The van der Waals surface area contributed by atoms with Crippen LogP contribution < -0.4 is 4.35 Å². The quantitative estimate of drug-likeness (QED) is 0.723. The molecule has 0 aromatic heterocycles. The first kappa shape index (κ1) is 10.1.